The summed E-state index contributed by atoms with van der Waals surface area (Å²) in [7, 11) is 0. The summed E-state index contributed by atoms with van der Waals surface area (Å²) in [5.74, 6) is -6.37. The van der Waals surface area contributed by atoms with Crippen LogP contribution in [0.25, 0.3) is 0 Å². The largest absolute Gasteiger partial charge is 0.203 e. The molecule has 1 rings (SSSR count). The van der Waals surface area contributed by atoms with Gasteiger partial charge in [0.1, 0.15) is 0 Å². The SMILES string of the molecule is CCCc1c(F)c(F)c(F)c(F)c1S. The number of hydrogen-bond donors (Lipinski definition) is 1. The maximum atomic E-state index is 13.1. The highest BCUT2D eigenvalue weighted by Crippen LogP contribution is 2.27. The van der Waals surface area contributed by atoms with E-state index in [2.05, 4.69) is 12.6 Å². The van der Waals surface area contributed by atoms with Gasteiger partial charge in [0.15, 0.2) is 23.3 Å². The maximum absolute atomic E-state index is 13.1. The molecular weight excluding hydrogens is 216 g/mol. The van der Waals surface area contributed by atoms with Gasteiger partial charge in [-0.05, 0) is 6.42 Å². The summed E-state index contributed by atoms with van der Waals surface area (Å²) < 4.78 is 51.3. The van der Waals surface area contributed by atoms with Gasteiger partial charge in [-0.1, -0.05) is 13.3 Å². The van der Waals surface area contributed by atoms with Crippen LogP contribution in [0.3, 0.4) is 0 Å². The van der Waals surface area contributed by atoms with E-state index in [1.807, 2.05) is 0 Å². The fourth-order valence-corrected chi connectivity index (χ4v) is 1.45. The molecule has 0 heterocycles. The molecule has 0 aliphatic heterocycles. The Kier molecular flexibility index (Phi) is 3.42. The van der Waals surface area contributed by atoms with Crippen molar-refractivity contribution in [2.45, 2.75) is 24.7 Å². The third-order valence-electron chi connectivity index (χ3n) is 1.84. The van der Waals surface area contributed by atoms with Crippen molar-refractivity contribution in [3.8, 4) is 0 Å². The third kappa shape index (κ3) is 1.73. The molecule has 14 heavy (non-hydrogen) atoms. The van der Waals surface area contributed by atoms with Crippen molar-refractivity contribution in [1.82, 2.24) is 0 Å². The molecule has 0 bridgehead atoms. The lowest BCUT2D eigenvalue weighted by Gasteiger charge is -2.08. The summed E-state index contributed by atoms with van der Waals surface area (Å²) >= 11 is 3.61. The quantitative estimate of drug-likeness (QED) is 0.338. The molecule has 0 spiro atoms. The zero-order valence-electron chi connectivity index (χ0n) is 7.37. The molecule has 0 radical (unpaired) electrons. The zero-order chi connectivity index (χ0) is 10.9. The standard InChI is InChI=1S/C9H8F4S/c1-2-3-4-5(10)6(11)7(12)8(13)9(4)14/h14H,2-3H2,1H3. The van der Waals surface area contributed by atoms with Gasteiger partial charge in [0.05, 0.1) is 0 Å². The molecule has 0 nitrogen and oxygen atoms in total. The Morgan fingerprint density at radius 2 is 1.43 bits per heavy atom. The van der Waals surface area contributed by atoms with Crippen LogP contribution in [0.2, 0.25) is 0 Å². The Hall–Kier alpha value is -0.710. The van der Waals surface area contributed by atoms with Gasteiger partial charge in [0.2, 0.25) is 0 Å². The number of thiol groups is 1. The second-order valence-corrected chi connectivity index (χ2v) is 3.28. The number of halogens is 4. The number of rotatable bonds is 2. The number of hydrogen-bond acceptors (Lipinski definition) is 1. The van der Waals surface area contributed by atoms with Crippen molar-refractivity contribution in [2.24, 2.45) is 0 Å². The molecule has 0 aliphatic carbocycles. The molecule has 0 saturated carbocycles. The van der Waals surface area contributed by atoms with E-state index in [9.17, 15) is 17.6 Å². The maximum Gasteiger partial charge on any atom is 0.198 e. The van der Waals surface area contributed by atoms with Crippen LogP contribution in [0.1, 0.15) is 18.9 Å². The van der Waals surface area contributed by atoms with Gasteiger partial charge in [0, 0.05) is 10.5 Å². The van der Waals surface area contributed by atoms with E-state index in [1.165, 1.54) is 0 Å². The van der Waals surface area contributed by atoms with Gasteiger partial charge >= 0.3 is 0 Å². The molecule has 0 aliphatic rings. The van der Waals surface area contributed by atoms with Crippen LogP contribution in [-0.4, -0.2) is 0 Å². The first-order valence-corrected chi connectivity index (χ1v) is 4.49. The molecule has 0 amide bonds. The molecule has 0 unspecified atom stereocenters. The minimum Gasteiger partial charge on any atom is -0.203 e. The zero-order valence-corrected chi connectivity index (χ0v) is 8.27. The van der Waals surface area contributed by atoms with Crippen molar-refractivity contribution in [3.63, 3.8) is 0 Å². The van der Waals surface area contributed by atoms with Crippen LogP contribution in [-0.2, 0) is 6.42 Å². The molecule has 0 fully saturated rings. The first-order chi connectivity index (χ1) is 6.50. The monoisotopic (exact) mass is 224 g/mol. The van der Waals surface area contributed by atoms with Gasteiger partial charge in [0.25, 0.3) is 0 Å². The van der Waals surface area contributed by atoms with Crippen LogP contribution in [0.5, 0.6) is 0 Å². The fraction of sp³-hybridized carbons (Fsp3) is 0.333. The highest BCUT2D eigenvalue weighted by molar-refractivity contribution is 7.80. The van der Waals surface area contributed by atoms with Gasteiger partial charge in [-0.15, -0.1) is 12.6 Å². The van der Waals surface area contributed by atoms with Crippen LogP contribution < -0.4 is 0 Å². The van der Waals surface area contributed by atoms with Crippen molar-refractivity contribution in [3.05, 3.63) is 28.8 Å². The molecule has 1 aromatic rings. The summed E-state index contributed by atoms with van der Waals surface area (Å²) in [4.78, 5) is -0.455. The average Bonchev–Trinajstić information content (AvgIpc) is 2.19. The summed E-state index contributed by atoms with van der Waals surface area (Å²) in [6.07, 6.45) is 0.619. The lowest BCUT2D eigenvalue weighted by atomic mass is 10.1. The van der Waals surface area contributed by atoms with Crippen LogP contribution in [0, 0.1) is 23.3 Å². The van der Waals surface area contributed by atoms with Crippen molar-refractivity contribution < 1.29 is 17.6 Å². The highest BCUT2D eigenvalue weighted by atomic mass is 32.1. The van der Waals surface area contributed by atoms with Crippen LogP contribution in [0.4, 0.5) is 17.6 Å². The second kappa shape index (κ2) is 4.21. The fourth-order valence-electron chi connectivity index (χ4n) is 1.14. The summed E-state index contributed by atoms with van der Waals surface area (Å²) in [5, 5.41) is 0. The smallest absolute Gasteiger partial charge is 0.198 e. The van der Waals surface area contributed by atoms with Gasteiger partial charge in [-0.2, -0.15) is 0 Å². The van der Waals surface area contributed by atoms with Crippen molar-refractivity contribution in [2.75, 3.05) is 0 Å². The van der Waals surface area contributed by atoms with Gasteiger partial charge in [-0.25, -0.2) is 17.6 Å². The summed E-state index contributed by atoms with van der Waals surface area (Å²) in [6.45, 7) is 1.71. The van der Waals surface area contributed by atoms with E-state index in [-0.39, 0.29) is 12.0 Å². The average molecular weight is 224 g/mol. The highest BCUT2D eigenvalue weighted by Gasteiger charge is 2.22. The van der Waals surface area contributed by atoms with Crippen molar-refractivity contribution >= 4 is 12.6 Å². The molecule has 0 atom stereocenters. The molecule has 78 valence electrons. The van der Waals surface area contributed by atoms with E-state index in [0.717, 1.165) is 0 Å². The van der Waals surface area contributed by atoms with E-state index in [1.54, 1.807) is 6.92 Å². The van der Waals surface area contributed by atoms with Gasteiger partial charge in [-0.3, -0.25) is 0 Å². The molecule has 0 saturated heterocycles. The minimum atomic E-state index is -1.81. The Morgan fingerprint density at radius 3 is 1.93 bits per heavy atom. The van der Waals surface area contributed by atoms with E-state index in [0.29, 0.717) is 6.42 Å². The lowest BCUT2D eigenvalue weighted by molar-refractivity contribution is 0.392. The summed E-state index contributed by atoms with van der Waals surface area (Å²) in [5.41, 5.74) is -0.216. The predicted octanol–water partition coefficient (Wildman–Crippen LogP) is 3.48. The normalized spacial score (nSPS) is 10.7. The van der Waals surface area contributed by atoms with E-state index >= 15 is 0 Å². The molecule has 1 aromatic carbocycles. The first kappa shape index (κ1) is 11.4. The Bertz CT molecular complexity index is 333. The molecular formula is C9H8F4S. The van der Waals surface area contributed by atoms with E-state index in [4.69, 9.17) is 0 Å². The van der Waals surface area contributed by atoms with E-state index < -0.39 is 28.2 Å². The molecule has 5 heteroatoms. The van der Waals surface area contributed by atoms with Crippen LogP contribution >= 0.6 is 12.6 Å². The summed E-state index contributed by atoms with van der Waals surface area (Å²) in [6, 6.07) is 0. The van der Waals surface area contributed by atoms with Crippen LogP contribution in [0.15, 0.2) is 4.90 Å². The number of benzene rings is 1. The molecule has 0 N–H and O–H groups in total. The lowest BCUT2D eigenvalue weighted by Crippen LogP contribution is -2.04. The topological polar surface area (TPSA) is 0 Å². The first-order valence-electron chi connectivity index (χ1n) is 4.04. The second-order valence-electron chi connectivity index (χ2n) is 2.83. The predicted molar refractivity (Wildman–Crippen MR) is 47.5 cm³/mol. The molecule has 0 aromatic heterocycles. The van der Waals surface area contributed by atoms with Crippen molar-refractivity contribution in [1.29, 1.82) is 0 Å². The Morgan fingerprint density at radius 1 is 0.929 bits per heavy atom. The third-order valence-corrected chi connectivity index (χ3v) is 2.30. The Balaban J connectivity index is 3.43. The Labute approximate surface area is 84.3 Å². The minimum absolute atomic E-state index is 0.124. The van der Waals surface area contributed by atoms with Gasteiger partial charge < -0.3 is 0 Å².